The average Bonchev–Trinajstić information content (AvgIpc) is 2.46. The number of piperazine rings is 1. The van der Waals surface area contributed by atoms with E-state index in [1.54, 1.807) is 6.07 Å². The first-order valence-electron chi connectivity index (χ1n) is 6.63. The lowest BCUT2D eigenvalue weighted by Crippen LogP contribution is -2.44. The van der Waals surface area contributed by atoms with Gasteiger partial charge in [0.25, 0.3) is 0 Å². The summed E-state index contributed by atoms with van der Waals surface area (Å²) in [7, 11) is 1.38. The summed E-state index contributed by atoms with van der Waals surface area (Å²) in [4.78, 5) is 2.17. The number of rotatable bonds is 3. The van der Waals surface area contributed by atoms with E-state index < -0.39 is 11.7 Å². The highest BCUT2D eigenvalue weighted by molar-refractivity contribution is 5.85. The first-order chi connectivity index (χ1) is 9.41. The Morgan fingerprint density at radius 1 is 1.19 bits per heavy atom. The Hall–Kier alpha value is -0.980. The minimum atomic E-state index is -4.35. The van der Waals surface area contributed by atoms with E-state index in [2.05, 4.69) is 10.2 Å². The summed E-state index contributed by atoms with van der Waals surface area (Å²) < 4.78 is 43.7. The van der Waals surface area contributed by atoms with Gasteiger partial charge in [0.15, 0.2) is 0 Å². The molecule has 7 heteroatoms. The summed E-state index contributed by atoms with van der Waals surface area (Å²) in [6.07, 6.45) is -4.35. The van der Waals surface area contributed by atoms with Crippen LogP contribution in [0, 0.1) is 0 Å². The van der Waals surface area contributed by atoms with Crippen molar-refractivity contribution in [2.45, 2.75) is 19.1 Å². The average molecular weight is 325 g/mol. The van der Waals surface area contributed by atoms with Gasteiger partial charge in [0.05, 0.1) is 12.7 Å². The highest BCUT2D eigenvalue weighted by atomic mass is 35.5. The van der Waals surface area contributed by atoms with Crippen LogP contribution in [0.1, 0.15) is 24.1 Å². The van der Waals surface area contributed by atoms with Crippen LogP contribution in [-0.4, -0.2) is 38.2 Å². The Morgan fingerprint density at radius 3 is 2.33 bits per heavy atom. The number of methoxy groups -OCH3 is 1. The van der Waals surface area contributed by atoms with Crippen LogP contribution >= 0.6 is 12.4 Å². The largest absolute Gasteiger partial charge is 0.497 e. The van der Waals surface area contributed by atoms with Crippen LogP contribution in [0.5, 0.6) is 5.75 Å². The molecule has 0 bridgehead atoms. The Balaban J connectivity index is 0.00000220. The fourth-order valence-electron chi connectivity index (χ4n) is 2.43. The second-order valence-electron chi connectivity index (χ2n) is 4.95. The van der Waals surface area contributed by atoms with Gasteiger partial charge in [-0.25, -0.2) is 0 Å². The molecule has 1 aliphatic heterocycles. The molecule has 21 heavy (non-hydrogen) atoms. The van der Waals surface area contributed by atoms with E-state index in [4.69, 9.17) is 4.74 Å². The first kappa shape index (κ1) is 18.1. The quantitative estimate of drug-likeness (QED) is 0.924. The van der Waals surface area contributed by atoms with Gasteiger partial charge < -0.3 is 10.1 Å². The number of nitrogens with zero attached hydrogens (tertiary/aromatic N) is 1. The fourth-order valence-corrected chi connectivity index (χ4v) is 2.43. The molecule has 0 unspecified atom stereocenters. The van der Waals surface area contributed by atoms with Crippen LogP contribution in [0.4, 0.5) is 13.2 Å². The lowest BCUT2D eigenvalue weighted by atomic mass is 10.0. The Bertz CT molecular complexity index is 462. The predicted octanol–water partition coefficient (Wildman–Crippen LogP) is 3.10. The van der Waals surface area contributed by atoms with Crippen LogP contribution < -0.4 is 10.1 Å². The summed E-state index contributed by atoms with van der Waals surface area (Å²) in [5.74, 6) is 0.247. The summed E-state index contributed by atoms with van der Waals surface area (Å²) in [6.45, 7) is 5.32. The molecule has 3 nitrogen and oxygen atoms in total. The Kier molecular flexibility index (Phi) is 6.31. The van der Waals surface area contributed by atoms with Gasteiger partial charge >= 0.3 is 6.18 Å². The summed E-state index contributed by atoms with van der Waals surface area (Å²) in [5.41, 5.74) is -0.0209. The molecule has 1 N–H and O–H groups in total. The molecular weight excluding hydrogens is 305 g/mol. The maximum absolute atomic E-state index is 12.9. The first-order valence-corrected chi connectivity index (χ1v) is 6.63. The van der Waals surface area contributed by atoms with Crippen molar-refractivity contribution in [3.05, 3.63) is 29.3 Å². The van der Waals surface area contributed by atoms with E-state index in [1.165, 1.54) is 13.2 Å². The molecular formula is C14H20ClF3N2O. The molecule has 0 aromatic heterocycles. The highest BCUT2D eigenvalue weighted by Gasteiger charge is 2.32. The van der Waals surface area contributed by atoms with Gasteiger partial charge in [-0.3, -0.25) is 4.90 Å². The van der Waals surface area contributed by atoms with E-state index in [0.717, 1.165) is 32.2 Å². The third-order valence-corrected chi connectivity index (χ3v) is 3.67. The van der Waals surface area contributed by atoms with Crippen molar-refractivity contribution in [1.82, 2.24) is 10.2 Å². The zero-order valence-corrected chi connectivity index (χ0v) is 12.9. The standard InChI is InChI=1S/C14H19F3N2O.ClH/c1-10(19-5-3-18-4-6-19)11-7-12(14(15,16)17)9-13(8-11)20-2;/h7-10,18H,3-6H2,1-2H3;1H/t10-;/m1./s1. The highest BCUT2D eigenvalue weighted by Crippen LogP contribution is 2.35. The number of alkyl halides is 3. The van der Waals surface area contributed by atoms with Gasteiger partial charge in [-0.2, -0.15) is 13.2 Å². The number of ether oxygens (including phenoxy) is 1. The second-order valence-corrected chi connectivity index (χ2v) is 4.95. The molecule has 120 valence electrons. The van der Waals surface area contributed by atoms with Gasteiger partial charge in [0, 0.05) is 32.2 Å². The topological polar surface area (TPSA) is 24.5 Å². The lowest BCUT2D eigenvalue weighted by Gasteiger charge is -2.33. The lowest BCUT2D eigenvalue weighted by molar-refractivity contribution is -0.137. The van der Waals surface area contributed by atoms with E-state index in [-0.39, 0.29) is 24.2 Å². The Morgan fingerprint density at radius 2 is 1.81 bits per heavy atom. The normalized spacial score (nSPS) is 18.0. The van der Waals surface area contributed by atoms with Crippen LogP contribution in [0.2, 0.25) is 0 Å². The van der Waals surface area contributed by atoms with E-state index in [1.807, 2.05) is 6.92 Å². The molecule has 0 radical (unpaired) electrons. The molecule has 1 atom stereocenters. The molecule has 1 saturated heterocycles. The van der Waals surface area contributed by atoms with E-state index in [9.17, 15) is 13.2 Å². The van der Waals surface area contributed by atoms with Crippen molar-refractivity contribution >= 4 is 12.4 Å². The molecule has 1 aromatic rings. The zero-order valence-electron chi connectivity index (χ0n) is 12.0. The van der Waals surface area contributed by atoms with Crippen LogP contribution in [0.15, 0.2) is 18.2 Å². The molecule has 0 saturated carbocycles. The monoisotopic (exact) mass is 324 g/mol. The third-order valence-electron chi connectivity index (χ3n) is 3.67. The van der Waals surface area contributed by atoms with Gasteiger partial charge in [-0.1, -0.05) is 0 Å². The maximum Gasteiger partial charge on any atom is 0.416 e. The minimum absolute atomic E-state index is 0. The van der Waals surface area contributed by atoms with E-state index in [0.29, 0.717) is 5.56 Å². The van der Waals surface area contributed by atoms with Crippen LogP contribution in [-0.2, 0) is 6.18 Å². The number of halogens is 4. The van der Waals surface area contributed by atoms with Gasteiger partial charge in [0.1, 0.15) is 5.75 Å². The number of hydrogen-bond donors (Lipinski definition) is 1. The van der Waals surface area contributed by atoms with Gasteiger partial charge in [0.2, 0.25) is 0 Å². The molecule has 0 spiro atoms. The fraction of sp³-hybridized carbons (Fsp3) is 0.571. The van der Waals surface area contributed by atoms with Crippen molar-refractivity contribution in [2.75, 3.05) is 33.3 Å². The van der Waals surface area contributed by atoms with Gasteiger partial charge in [-0.05, 0) is 30.7 Å². The predicted molar refractivity (Wildman–Crippen MR) is 78.1 cm³/mol. The third kappa shape index (κ3) is 4.49. The molecule has 1 aromatic carbocycles. The molecule has 2 rings (SSSR count). The van der Waals surface area contributed by atoms with Crippen molar-refractivity contribution < 1.29 is 17.9 Å². The van der Waals surface area contributed by atoms with Crippen molar-refractivity contribution in [3.8, 4) is 5.75 Å². The molecule has 1 aliphatic rings. The molecule has 0 aliphatic carbocycles. The number of benzene rings is 1. The Labute approximate surface area is 128 Å². The molecule has 0 amide bonds. The van der Waals surface area contributed by atoms with Crippen molar-refractivity contribution in [1.29, 1.82) is 0 Å². The summed E-state index contributed by atoms with van der Waals surface area (Å²) >= 11 is 0. The summed E-state index contributed by atoms with van der Waals surface area (Å²) in [5, 5.41) is 3.23. The second kappa shape index (κ2) is 7.33. The van der Waals surface area contributed by atoms with Crippen LogP contribution in [0.25, 0.3) is 0 Å². The van der Waals surface area contributed by atoms with Crippen molar-refractivity contribution in [3.63, 3.8) is 0 Å². The maximum atomic E-state index is 12.9. The number of hydrogen-bond acceptors (Lipinski definition) is 3. The summed E-state index contributed by atoms with van der Waals surface area (Å²) in [6, 6.07) is 3.87. The zero-order chi connectivity index (χ0) is 14.8. The minimum Gasteiger partial charge on any atom is -0.497 e. The molecule has 1 heterocycles. The smallest absolute Gasteiger partial charge is 0.416 e. The number of nitrogens with one attached hydrogen (secondary N) is 1. The van der Waals surface area contributed by atoms with Crippen molar-refractivity contribution in [2.24, 2.45) is 0 Å². The van der Waals surface area contributed by atoms with Gasteiger partial charge in [-0.15, -0.1) is 12.4 Å². The SMILES string of the molecule is COc1cc([C@@H](C)N2CCNCC2)cc(C(F)(F)F)c1.Cl. The van der Waals surface area contributed by atoms with E-state index >= 15 is 0 Å². The van der Waals surface area contributed by atoms with Crippen LogP contribution in [0.3, 0.4) is 0 Å². The molecule has 1 fully saturated rings.